The highest BCUT2D eigenvalue weighted by atomic mass is 16.6. The number of aliphatic hydroxyl groups is 1. The van der Waals surface area contributed by atoms with Crippen LogP contribution in [0.1, 0.15) is 31.7 Å². The number of hydrogen-bond donors (Lipinski definition) is 2. The van der Waals surface area contributed by atoms with Crippen LogP contribution in [0.25, 0.3) is 0 Å². The largest absolute Gasteiger partial charge is 0.395 e. The van der Waals surface area contributed by atoms with Crippen LogP contribution in [0.15, 0.2) is 18.2 Å². The second-order valence-corrected chi connectivity index (χ2v) is 5.45. The highest BCUT2D eigenvalue weighted by Gasteiger charge is 2.29. The number of nitrogens with zero attached hydrogens (tertiary/aromatic N) is 2. The molecule has 0 radical (unpaired) electrons. The van der Waals surface area contributed by atoms with E-state index in [0.717, 1.165) is 37.1 Å². The predicted molar refractivity (Wildman–Crippen MR) is 82.4 cm³/mol. The first-order valence-electron chi connectivity index (χ1n) is 7.51. The van der Waals surface area contributed by atoms with E-state index in [1.807, 2.05) is 0 Å². The van der Waals surface area contributed by atoms with Gasteiger partial charge in [-0.1, -0.05) is 6.92 Å². The van der Waals surface area contributed by atoms with Gasteiger partial charge in [0.1, 0.15) is 0 Å². The fourth-order valence-corrected chi connectivity index (χ4v) is 2.43. The first kappa shape index (κ1) is 15.7. The molecule has 1 aliphatic carbocycles. The summed E-state index contributed by atoms with van der Waals surface area (Å²) in [5.74, 6) is 0. The van der Waals surface area contributed by atoms with Crippen molar-refractivity contribution in [2.45, 2.75) is 38.8 Å². The molecule has 21 heavy (non-hydrogen) atoms. The zero-order valence-electron chi connectivity index (χ0n) is 12.4. The summed E-state index contributed by atoms with van der Waals surface area (Å²) in [4.78, 5) is 12.8. The van der Waals surface area contributed by atoms with Crippen LogP contribution < -0.4 is 5.32 Å². The van der Waals surface area contributed by atoms with Gasteiger partial charge in [0.05, 0.1) is 11.5 Å². The van der Waals surface area contributed by atoms with Gasteiger partial charge in [-0.05, 0) is 30.9 Å². The number of nitro groups is 1. The van der Waals surface area contributed by atoms with Crippen LogP contribution in [-0.2, 0) is 6.54 Å². The Morgan fingerprint density at radius 1 is 1.48 bits per heavy atom. The van der Waals surface area contributed by atoms with E-state index in [9.17, 15) is 15.2 Å². The molecule has 0 aromatic heterocycles. The molecule has 0 spiro atoms. The summed E-state index contributed by atoms with van der Waals surface area (Å²) in [7, 11) is 0. The number of nitrogens with one attached hydrogen (secondary N) is 1. The summed E-state index contributed by atoms with van der Waals surface area (Å²) in [6, 6.07) is 5.47. The summed E-state index contributed by atoms with van der Waals surface area (Å²) < 4.78 is 0. The maximum absolute atomic E-state index is 11.0. The number of non-ortho nitro benzene ring substituents is 1. The van der Waals surface area contributed by atoms with E-state index >= 15 is 0 Å². The van der Waals surface area contributed by atoms with Gasteiger partial charge in [0.25, 0.3) is 5.69 Å². The number of aliphatic hydroxyl groups excluding tert-OH is 1. The molecular formula is C15H23N3O3. The van der Waals surface area contributed by atoms with E-state index in [1.165, 1.54) is 6.07 Å². The minimum Gasteiger partial charge on any atom is -0.395 e. The van der Waals surface area contributed by atoms with Gasteiger partial charge in [0, 0.05) is 43.5 Å². The lowest BCUT2D eigenvalue weighted by molar-refractivity contribution is -0.384. The van der Waals surface area contributed by atoms with Crippen LogP contribution in [0.5, 0.6) is 0 Å². The summed E-state index contributed by atoms with van der Waals surface area (Å²) in [5, 5.41) is 23.5. The Hall–Kier alpha value is -1.66. The van der Waals surface area contributed by atoms with Crippen molar-refractivity contribution in [1.29, 1.82) is 0 Å². The number of benzene rings is 1. The molecule has 0 saturated heterocycles. The zero-order chi connectivity index (χ0) is 15.2. The molecule has 1 fully saturated rings. The van der Waals surface area contributed by atoms with E-state index in [2.05, 4.69) is 17.1 Å². The maximum atomic E-state index is 11.0. The standard InChI is InChI=1S/C15H23N3O3/c1-2-7-16-15-6-5-14(18(20)21)10-12(15)11-17(8-9-19)13-3-4-13/h5-6,10,13,16,19H,2-4,7-9,11H2,1H3. The van der Waals surface area contributed by atoms with Crippen LogP contribution in [0.4, 0.5) is 11.4 Å². The molecule has 0 bridgehead atoms. The minimum atomic E-state index is -0.361. The normalized spacial score (nSPS) is 14.4. The van der Waals surface area contributed by atoms with Crippen molar-refractivity contribution in [3.8, 4) is 0 Å². The molecule has 1 aliphatic rings. The Bertz CT molecular complexity index is 489. The smallest absolute Gasteiger partial charge is 0.269 e. The fourth-order valence-electron chi connectivity index (χ4n) is 2.43. The van der Waals surface area contributed by atoms with Crippen LogP contribution in [0.2, 0.25) is 0 Å². The third-order valence-electron chi connectivity index (χ3n) is 3.69. The third kappa shape index (κ3) is 4.41. The Morgan fingerprint density at radius 3 is 2.81 bits per heavy atom. The lowest BCUT2D eigenvalue weighted by Crippen LogP contribution is -2.29. The Labute approximate surface area is 124 Å². The van der Waals surface area contributed by atoms with E-state index in [4.69, 9.17) is 0 Å². The highest BCUT2D eigenvalue weighted by Crippen LogP contribution is 2.30. The summed E-state index contributed by atoms with van der Waals surface area (Å²) >= 11 is 0. The maximum Gasteiger partial charge on any atom is 0.269 e. The molecule has 1 aromatic carbocycles. The molecule has 6 heteroatoms. The van der Waals surface area contributed by atoms with Crippen LogP contribution >= 0.6 is 0 Å². The minimum absolute atomic E-state index is 0.114. The van der Waals surface area contributed by atoms with Crippen molar-refractivity contribution in [3.63, 3.8) is 0 Å². The summed E-state index contributed by atoms with van der Waals surface area (Å²) in [5.41, 5.74) is 2.00. The number of rotatable bonds is 9. The number of hydrogen-bond acceptors (Lipinski definition) is 5. The molecule has 116 valence electrons. The summed E-state index contributed by atoms with van der Waals surface area (Å²) in [6.45, 7) is 4.29. The van der Waals surface area contributed by atoms with Crippen molar-refractivity contribution in [2.24, 2.45) is 0 Å². The molecule has 2 rings (SSSR count). The van der Waals surface area contributed by atoms with E-state index in [-0.39, 0.29) is 17.2 Å². The number of nitro benzene ring substituents is 1. The van der Waals surface area contributed by atoms with Gasteiger partial charge in [-0.25, -0.2) is 0 Å². The molecule has 2 N–H and O–H groups in total. The first-order chi connectivity index (χ1) is 10.2. The van der Waals surface area contributed by atoms with Crippen molar-refractivity contribution >= 4 is 11.4 Å². The van der Waals surface area contributed by atoms with Crippen molar-refractivity contribution in [2.75, 3.05) is 25.0 Å². The van der Waals surface area contributed by atoms with Crippen LogP contribution in [-0.4, -0.2) is 40.7 Å². The van der Waals surface area contributed by atoms with Crippen LogP contribution in [0, 0.1) is 10.1 Å². The summed E-state index contributed by atoms with van der Waals surface area (Å²) in [6.07, 6.45) is 3.29. The lowest BCUT2D eigenvalue weighted by atomic mass is 10.1. The van der Waals surface area contributed by atoms with Gasteiger partial charge in [-0.2, -0.15) is 0 Å². The van der Waals surface area contributed by atoms with Gasteiger partial charge >= 0.3 is 0 Å². The van der Waals surface area contributed by atoms with Crippen molar-refractivity contribution < 1.29 is 10.0 Å². The average molecular weight is 293 g/mol. The Morgan fingerprint density at radius 2 is 2.24 bits per heavy atom. The molecule has 0 aliphatic heterocycles. The second-order valence-electron chi connectivity index (χ2n) is 5.45. The Balaban J connectivity index is 2.19. The van der Waals surface area contributed by atoms with Crippen molar-refractivity contribution in [1.82, 2.24) is 4.90 Å². The quantitative estimate of drug-likeness (QED) is 0.540. The Kier molecular flexibility index (Phi) is 5.52. The van der Waals surface area contributed by atoms with Gasteiger partial charge < -0.3 is 10.4 Å². The monoisotopic (exact) mass is 293 g/mol. The van der Waals surface area contributed by atoms with Crippen molar-refractivity contribution in [3.05, 3.63) is 33.9 Å². The molecule has 0 unspecified atom stereocenters. The molecular weight excluding hydrogens is 270 g/mol. The van der Waals surface area contributed by atoms with Crippen LogP contribution in [0.3, 0.4) is 0 Å². The second kappa shape index (κ2) is 7.38. The van der Waals surface area contributed by atoms with Gasteiger partial charge in [-0.15, -0.1) is 0 Å². The predicted octanol–water partition coefficient (Wildman–Crippen LogP) is 2.37. The highest BCUT2D eigenvalue weighted by molar-refractivity contribution is 5.56. The molecule has 1 saturated carbocycles. The van der Waals surface area contributed by atoms with Gasteiger partial charge in [-0.3, -0.25) is 15.0 Å². The lowest BCUT2D eigenvalue weighted by Gasteiger charge is -2.22. The SMILES string of the molecule is CCCNc1ccc([N+](=O)[O-])cc1CN(CCO)C1CC1. The van der Waals surface area contributed by atoms with Gasteiger partial charge in [0.15, 0.2) is 0 Å². The molecule has 1 aromatic rings. The molecule has 0 atom stereocenters. The fraction of sp³-hybridized carbons (Fsp3) is 0.600. The van der Waals surface area contributed by atoms with Gasteiger partial charge in [0.2, 0.25) is 0 Å². The zero-order valence-corrected chi connectivity index (χ0v) is 12.4. The van der Waals surface area contributed by atoms with E-state index in [1.54, 1.807) is 12.1 Å². The average Bonchev–Trinajstić information content (AvgIpc) is 3.29. The number of anilines is 1. The molecule has 0 amide bonds. The first-order valence-corrected chi connectivity index (χ1v) is 7.51. The van der Waals surface area contributed by atoms with E-state index in [0.29, 0.717) is 19.1 Å². The molecule has 6 nitrogen and oxygen atoms in total. The topological polar surface area (TPSA) is 78.6 Å². The molecule has 0 heterocycles. The third-order valence-corrected chi connectivity index (χ3v) is 3.69. The van der Waals surface area contributed by atoms with E-state index < -0.39 is 0 Å².